The smallest absolute Gasteiger partial charge is 0.261 e. The molecule has 0 saturated carbocycles. The Labute approximate surface area is 144 Å². The molecule has 4 nitrogen and oxygen atoms in total. The van der Waals surface area contributed by atoms with Crippen molar-refractivity contribution in [1.82, 2.24) is 0 Å². The Hall–Kier alpha value is -2.01. The summed E-state index contributed by atoms with van der Waals surface area (Å²) in [6.45, 7) is 6.44. The Morgan fingerprint density at radius 1 is 1.04 bits per heavy atom. The third kappa shape index (κ3) is 4.74. The fourth-order valence-electron chi connectivity index (χ4n) is 2.44. The minimum absolute atomic E-state index is 0.235. The lowest BCUT2D eigenvalue weighted by atomic mass is 10.1. The van der Waals surface area contributed by atoms with Crippen LogP contribution >= 0.6 is 0 Å². The predicted molar refractivity (Wildman–Crippen MR) is 98.2 cm³/mol. The summed E-state index contributed by atoms with van der Waals surface area (Å²) in [5.41, 5.74) is 2.59. The van der Waals surface area contributed by atoms with Gasteiger partial charge in [-0.05, 0) is 68.1 Å². The largest absolute Gasteiger partial charge is 0.494 e. The van der Waals surface area contributed by atoms with Gasteiger partial charge in [-0.3, -0.25) is 4.72 Å². The summed E-state index contributed by atoms with van der Waals surface area (Å²) in [4.78, 5) is 0.235. The van der Waals surface area contributed by atoms with Crippen LogP contribution in [0.15, 0.2) is 47.4 Å². The van der Waals surface area contributed by atoms with Crippen LogP contribution in [-0.4, -0.2) is 15.0 Å². The first-order valence-corrected chi connectivity index (χ1v) is 9.79. The molecule has 2 rings (SSSR count). The Morgan fingerprint density at radius 3 is 2.33 bits per heavy atom. The van der Waals surface area contributed by atoms with E-state index in [1.807, 2.05) is 38.1 Å². The van der Waals surface area contributed by atoms with E-state index < -0.39 is 10.0 Å². The van der Waals surface area contributed by atoms with Crippen LogP contribution in [0.4, 0.5) is 5.69 Å². The quantitative estimate of drug-likeness (QED) is 0.763. The van der Waals surface area contributed by atoms with Gasteiger partial charge in [0.1, 0.15) is 5.75 Å². The molecule has 0 bridgehead atoms. The van der Waals surface area contributed by atoms with E-state index >= 15 is 0 Å². The summed E-state index contributed by atoms with van der Waals surface area (Å²) in [7, 11) is -3.60. The van der Waals surface area contributed by atoms with Crippen molar-refractivity contribution in [3.05, 3.63) is 53.6 Å². The SMILES string of the molecule is CCCCc1ccc(NS(=O)(=O)c2ccc(OCC)c(C)c2)cc1. The van der Waals surface area contributed by atoms with Crippen LogP contribution in [0.3, 0.4) is 0 Å². The Balaban J connectivity index is 2.14. The van der Waals surface area contributed by atoms with E-state index in [0.717, 1.165) is 24.8 Å². The van der Waals surface area contributed by atoms with Crippen LogP contribution in [0.2, 0.25) is 0 Å². The number of unbranched alkanes of at least 4 members (excludes halogenated alkanes) is 1. The number of nitrogens with one attached hydrogen (secondary N) is 1. The maximum absolute atomic E-state index is 12.5. The van der Waals surface area contributed by atoms with Crippen molar-refractivity contribution in [2.75, 3.05) is 11.3 Å². The van der Waals surface area contributed by atoms with Crippen LogP contribution in [-0.2, 0) is 16.4 Å². The average Bonchev–Trinajstić information content (AvgIpc) is 2.56. The van der Waals surface area contributed by atoms with Gasteiger partial charge in [0.25, 0.3) is 10.0 Å². The lowest BCUT2D eigenvalue weighted by molar-refractivity contribution is 0.337. The lowest BCUT2D eigenvalue weighted by Gasteiger charge is -2.12. The van der Waals surface area contributed by atoms with Crippen molar-refractivity contribution >= 4 is 15.7 Å². The molecule has 0 aliphatic rings. The van der Waals surface area contributed by atoms with Crippen LogP contribution in [0.1, 0.15) is 37.8 Å². The summed E-state index contributed by atoms with van der Waals surface area (Å²) in [6, 6.07) is 12.4. The minimum atomic E-state index is -3.60. The second kappa shape index (κ2) is 8.20. The first-order valence-electron chi connectivity index (χ1n) is 8.31. The summed E-state index contributed by atoms with van der Waals surface area (Å²) in [6.07, 6.45) is 3.30. The van der Waals surface area contributed by atoms with Gasteiger partial charge in [-0.15, -0.1) is 0 Å². The Bertz CT molecular complexity index is 768. The summed E-state index contributed by atoms with van der Waals surface area (Å²) in [5.74, 6) is 0.705. The van der Waals surface area contributed by atoms with E-state index in [1.165, 1.54) is 5.56 Å². The second-order valence-electron chi connectivity index (χ2n) is 5.77. The molecule has 0 atom stereocenters. The number of benzene rings is 2. The molecule has 0 radical (unpaired) electrons. The van der Waals surface area contributed by atoms with Gasteiger partial charge >= 0.3 is 0 Å². The zero-order valence-electron chi connectivity index (χ0n) is 14.5. The molecule has 0 spiro atoms. The standard InChI is InChI=1S/C19H25NO3S/c1-4-6-7-16-8-10-17(11-9-16)20-24(21,22)18-12-13-19(23-5-2)15(3)14-18/h8-14,20H,4-7H2,1-3H3. The highest BCUT2D eigenvalue weighted by atomic mass is 32.2. The van der Waals surface area contributed by atoms with Gasteiger partial charge in [0.15, 0.2) is 0 Å². The summed E-state index contributed by atoms with van der Waals surface area (Å²) < 4.78 is 33.1. The zero-order chi connectivity index (χ0) is 17.6. The molecule has 0 aliphatic carbocycles. The normalized spacial score (nSPS) is 11.3. The second-order valence-corrected chi connectivity index (χ2v) is 7.45. The van der Waals surface area contributed by atoms with E-state index in [0.29, 0.717) is 18.0 Å². The van der Waals surface area contributed by atoms with E-state index in [1.54, 1.807) is 18.2 Å². The molecule has 0 unspecified atom stereocenters. The molecule has 2 aromatic carbocycles. The van der Waals surface area contributed by atoms with E-state index in [2.05, 4.69) is 11.6 Å². The number of rotatable bonds is 8. The summed E-state index contributed by atoms with van der Waals surface area (Å²) in [5, 5.41) is 0. The van der Waals surface area contributed by atoms with Crippen LogP contribution in [0.25, 0.3) is 0 Å². The molecule has 0 fully saturated rings. The van der Waals surface area contributed by atoms with Crippen LogP contribution in [0.5, 0.6) is 5.75 Å². The first kappa shape index (κ1) is 18.3. The Kier molecular flexibility index (Phi) is 6.26. The van der Waals surface area contributed by atoms with Crippen molar-refractivity contribution < 1.29 is 13.2 Å². The van der Waals surface area contributed by atoms with Crippen molar-refractivity contribution in [3.63, 3.8) is 0 Å². The molecule has 0 heterocycles. The van der Waals surface area contributed by atoms with Crippen molar-refractivity contribution in [1.29, 1.82) is 0 Å². The topological polar surface area (TPSA) is 55.4 Å². The first-order chi connectivity index (χ1) is 11.5. The van der Waals surface area contributed by atoms with E-state index in [-0.39, 0.29) is 4.90 Å². The number of hydrogen-bond donors (Lipinski definition) is 1. The molecule has 0 amide bonds. The van der Waals surface area contributed by atoms with Gasteiger partial charge in [-0.1, -0.05) is 25.5 Å². The van der Waals surface area contributed by atoms with Crippen molar-refractivity contribution in [3.8, 4) is 5.75 Å². The zero-order valence-corrected chi connectivity index (χ0v) is 15.3. The number of sulfonamides is 1. The van der Waals surface area contributed by atoms with Crippen LogP contribution in [0, 0.1) is 6.92 Å². The third-order valence-electron chi connectivity index (χ3n) is 3.78. The Morgan fingerprint density at radius 2 is 1.75 bits per heavy atom. The predicted octanol–water partition coefficient (Wildman–Crippen LogP) is 4.54. The number of anilines is 1. The number of hydrogen-bond acceptors (Lipinski definition) is 3. The van der Waals surface area contributed by atoms with Gasteiger partial charge in [-0.2, -0.15) is 0 Å². The molecule has 5 heteroatoms. The van der Waals surface area contributed by atoms with Gasteiger partial charge in [0, 0.05) is 5.69 Å². The van der Waals surface area contributed by atoms with Gasteiger partial charge in [-0.25, -0.2) is 8.42 Å². The van der Waals surface area contributed by atoms with Gasteiger partial charge < -0.3 is 4.74 Å². The highest BCUT2D eigenvalue weighted by Crippen LogP contribution is 2.23. The molecule has 2 aromatic rings. The molecule has 1 N–H and O–H groups in total. The number of ether oxygens (including phenoxy) is 1. The maximum atomic E-state index is 12.5. The molecule has 0 saturated heterocycles. The third-order valence-corrected chi connectivity index (χ3v) is 5.16. The fraction of sp³-hybridized carbons (Fsp3) is 0.368. The molecule has 24 heavy (non-hydrogen) atoms. The average molecular weight is 347 g/mol. The molecular weight excluding hydrogens is 322 g/mol. The van der Waals surface area contributed by atoms with E-state index in [9.17, 15) is 8.42 Å². The monoisotopic (exact) mass is 347 g/mol. The molecule has 0 aliphatic heterocycles. The molecule has 130 valence electrons. The minimum Gasteiger partial charge on any atom is -0.494 e. The van der Waals surface area contributed by atoms with E-state index in [4.69, 9.17) is 4.74 Å². The summed E-state index contributed by atoms with van der Waals surface area (Å²) >= 11 is 0. The lowest BCUT2D eigenvalue weighted by Crippen LogP contribution is -2.13. The van der Waals surface area contributed by atoms with Gasteiger partial charge in [0.2, 0.25) is 0 Å². The van der Waals surface area contributed by atoms with Crippen molar-refractivity contribution in [2.45, 2.75) is 44.9 Å². The fourth-order valence-corrected chi connectivity index (χ4v) is 3.58. The molecule has 0 aromatic heterocycles. The highest BCUT2D eigenvalue weighted by molar-refractivity contribution is 7.92. The number of aryl methyl sites for hydroxylation is 2. The molecular formula is C19H25NO3S. The van der Waals surface area contributed by atoms with Crippen LogP contribution < -0.4 is 9.46 Å². The van der Waals surface area contributed by atoms with Crippen molar-refractivity contribution in [2.24, 2.45) is 0 Å². The van der Waals surface area contributed by atoms with Gasteiger partial charge in [0.05, 0.1) is 11.5 Å². The maximum Gasteiger partial charge on any atom is 0.261 e. The highest BCUT2D eigenvalue weighted by Gasteiger charge is 2.15.